The highest BCUT2D eigenvalue weighted by Gasteiger charge is 2.08. The molecule has 6 heteroatoms. The minimum Gasteiger partial charge on any atom is -0.408 e. The summed E-state index contributed by atoms with van der Waals surface area (Å²) >= 11 is 0. The first kappa shape index (κ1) is 10.6. The van der Waals surface area contributed by atoms with E-state index in [9.17, 15) is 4.79 Å². The minimum atomic E-state index is -0.351. The first-order valence-corrected chi connectivity index (χ1v) is 5.60. The van der Waals surface area contributed by atoms with Gasteiger partial charge in [0.05, 0.1) is 23.9 Å². The molecule has 92 valence electrons. The van der Waals surface area contributed by atoms with Gasteiger partial charge in [0.2, 0.25) is 0 Å². The van der Waals surface area contributed by atoms with E-state index in [1.165, 1.54) is 0 Å². The molecule has 6 nitrogen and oxygen atoms in total. The van der Waals surface area contributed by atoms with Crippen LogP contribution in [-0.4, -0.2) is 14.3 Å². The van der Waals surface area contributed by atoms with Gasteiger partial charge in [0, 0.05) is 12.7 Å². The van der Waals surface area contributed by atoms with Gasteiger partial charge >= 0.3 is 5.76 Å². The van der Waals surface area contributed by atoms with Crippen LogP contribution < -0.4 is 11.5 Å². The zero-order chi connectivity index (χ0) is 12.5. The van der Waals surface area contributed by atoms with Crippen molar-refractivity contribution < 1.29 is 4.42 Å². The zero-order valence-electron chi connectivity index (χ0n) is 9.61. The second kappa shape index (κ2) is 4.06. The van der Waals surface area contributed by atoms with E-state index in [1.807, 2.05) is 18.2 Å². The van der Waals surface area contributed by atoms with Gasteiger partial charge in [-0.1, -0.05) is 12.1 Å². The molecular weight excluding hydrogens is 232 g/mol. The highest BCUT2D eigenvalue weighted by Crippen LogP contribution is 2.11. The van der Waals surface area contributed by atoms with Gasteiger partial charge in [-0.15, -0.1) is 0 Å². The van der Waals surface area contributed by atoms with Crippen molar-refractivity contribution in [3.05, 3.63) is 47.2 Å². The second-order valence-electron chi connectivity index (χ2n) is 4.02. The van der Waals surface area contributed by atoms with Crippen LogP contribution in [0, 0.1) is 0 Å². The van der Waals surface area contributed by atoms with E-state index in [4.69, 9.17) is 10.2 Å². The molecular formula is C12H12N4O2. The molecule has 0 unspecified atom stereocenters. The van der Waals surface area contributed by atoms with Crippen LogP contribution in [0.4, 0.5) is 5.69 Å². The van der Waals surface area contributed by atoms with Crippen molar-refractivity contribution in [2.75, 3.05) is 5.73 Å². The molecule has 2 aromatic heterocycles. The van der Waals surface area contributed by atoms with Crippen molar-refractivity contribution in [2.45, 2.75) is 13.1 Å². The van der Waals surface area contributed by atoms with Gasteiger partial charge in [-0.05, 0) is 12.1 Å². The van der Waals surface area contributed by atoms with Gasteiger partial charge in [-0.2, -0.15) is 5.10 Å². The number of hydrogen-bond donors (Lipinski definition) is 1. The van der Waals surface area contributed by atoms with Gasteiger partial charge in [-0.25, -0.2) is 4.79 Å². The van der Waals surface area contributed by atoms with Crippen LogP contribution in [0.3, 0.4) is 0 Å². The number of rotatable bonds is 3. The number of fused-ring (bicyclic) bond motifs is 1. The summed E-state index contributed by atoms with van der Waals surface area (Å²) in [6.07, 6.45) is 3.31. The maximum absolute atomic E-state index is 11.7. The number of hydrogen-bond acceptors (Lipinski definition) is 4. The van der Waals surface area contributed by atoms with Gasteiger partial charge in [-0.3, -0.25) is 9.25 Å². The van der Waals surface area contributed by atoms with E-state index in [2.05, 4.69) is 5.10 Å². The number of nitrogens with two attached hydrogens (primary N) is 1. The lowest BCUT2D eigenvalue weighted by atomic mass is 10.3. The standard InChI is InChI=1S/C12H12N4O2/c13-9-7-14-15(8-9)5-6-16-10-3-1-2-4-11(10)18-12(16)17/h1-4,7-8H,5-6,13H2. The molecule has 0 saturated carbocycles. The molecule has 0 aliphatic heterocycles. The third-order valence-corrected chi connectivity index (χ3v) is 2.78. The minimum absolute atomic E-state index is 0.351. The summed E-state index contributed by atoms with van der Waals surface area (Å²) in [6.45, 7) is 1.07. The maximum atomic E-state index is 11.7. The normalized spacial score (nSPS) is 11.1. The van der Waals surface area contributed by atoms with Crippen molar-refractivity contribution >= 4 is 16.8 Å². The Morgan fingerprint density at radius 2 is 2.11 bits per heavy atom. The first-order valence-electron chi connectivity index (χ1n) is 5.60. The molecule has 0 atom stereocenters. The van der Waals surface area contributed by atoms with E-state index < -0.39 is 0 Å². The lowest BCUT2D eigenvalue weighted by Gasteiger charge is -2.02. The Bertz CT molecular complexity index is 738. The third kappa shape index (κ3) is 1.77. The molecule has 0 radical (unpaired) electrons. The lowest BCUT2D eigenvalue weighted by Crippen LogP contribution is -2.17. The highest BCUT2D eigenvalue weighted by molar-refractivity contribution is 5.72. The Labute approximate surface area is 102 Å². The molecule has 18 heavy (non-hydrogen) atoms. The summed E-state index contributed by atoms with van der Waals surface area (Å²) in [4.78, 5) is 11.7. The van der Waals surface area contributed by atoms with Gasteiger partial charge in [0.15, 0.2) is 5.58 Å². The van der Waals surface area contributed by atoms with Crippen molar-refractivity contribution in [1.29, 1.82) is 0 Å². The van der Waals surface area contributed by atoms with Crippen LogP contribution in [0.25, 0.3) is 11.1 Å². The van der Waals surface area contributed by atoms with Crippen LogP contribution in [0.1, 0.15) is 0 Å². The predicted octanol–water partition coefficient (Wildman–Crippen LogP) is 1.07. The molecule has 0 fully saturated rings. The van der Waals surface area contributed by atoms with E-state index >= 15 is 0 Å². The van der Waals surface area contributed by atoms with Gasteiger partial charge < -0.3 is 10.2 Å². The quantitative estimate of drug-likeness (QED) is 0.747. The molecule has 2 N–H and O–H groups in total. The van der Waals surface area contributed by atoms with Crippen molar-refractivity contribution in [3.8, 4) is 0 Å². The monoisotopic (exact) mass is 244 g/mol. The molecule has 3 aromatic rings. The topological polar surface area (TPSA) is 79.0 Å². The van der Waals surface area contributed by atoms with Crippen LogP contribution in [-0.2, 0) is 13.1 Å². The smallest absolute Gasteiger partial charge is 0.408 e. The van der Waals surface area contributed by atoms with Crippen LogP contribution in [0.5, 0.6) is 0 Å². The largest absolute Gasteiger partial charge is 0.420 e. The Morgan fingerprint density at radius 3 is 2.89 bits per heavy atom. The number of oxazole rings is 1. The molecule has 0 aliphatic carbocycles. The molecule has 3 rings (SSSR count). The molecule has 0 saturated heterocycles. The maximum Gasteiger partial charge on any atom is 0.420 e. The third-order valence-electron chi connectivity index (χ3n) is 2.78. The Morgan fingerprint density at radius 1 is 1.28 bits per heavy atom. The summed E-state index contributed by atoms with van der Waals surface area (Å²) in [5, 5.41) is 4.07. The molecule has 0 amide bonds. The molecule has 0 spiro atoms. The number of aromatic nitrogens is 3. The SMILES string of the molecule is Nc1cnn(CCn2c(=O)oc3ccccc32)c1. The number of para-hydroxylation sites is 2. The van der Waals surface area contributed by atoms with Gasteiger partial charge in [0.1, 0.15) is 0 Å². The van der Waals surface area contributed by atoms with E-state index in [0.29, 0.717) is 24.4 Å². The van der Waals surface area contributed by atoms with Crippen molar-refractivity contribution in [2.24, 2.45) is 0 Å². The molecule has 2 heterocycles. The summed E-state index contributed by atoms with van der Waals surface area (Å²) in [6, 6.07) is 7.35. The summed E-state index contributed by atoms with van der Waals surface area (Å²) in [5.41, 5.74) is 7.58. The predicted molar refractivity (Wildman–Crippen MR) is 67.1 cm³/mol. The fourth-order valence-corrected chi connectivity index (χ4v) is 1.93. The average molecular weight is 244 g/mol. The molecule has 0 bridgehead atoms. The van der Waals surface area contributed by atoms with Gasteiger partial charge in [0.25, 0.3) is 0 Å². The fourth-order valence-electron chi connectivity index (χ4n) is 1.93. The van der Waals surface area contributed by atoms with Crippen LogP contribution in [0.15, 0.2) is 45.9 Å². The van der Waals surface area contributed by atoms with Crippen molar-refractivity contribution in [3.63, 3.8) is 0 Å². The van der Waals surface area contributed by atoms with Crippen LogP contribution in [0.2, 0.25) is 0 Å². The summed E-state index contributed by atoms with van der Waals surface area (Å²) in [5.74, 6) is -0.351. The van der Waals surface area contributed by atoms with E-state index in [0.717, 1.165) is 5.52 Å². The highest BCUT2D eigenvalue weighted by atomic mass is 16.4. The average Bonchev–Trinajstić information content (AvgIpc) is 2.90. The van der Waals surface area contributed by atoms with Crippen LogP contribution >= 0.6 is 0 Å². The molecule has 1 aromatic carbocycles. The van der Waals surface area contributed by atoms with E-state index in [1.54, 1.807) is 27.7 Å². The van der Waals surface area contributed by atoms with E-state index in [-0.39, 0.29) is 5.76 Å². The number of benzene rings is 1. The fraction of sp³-hybridized carbons (Fsp3) is 0.167. The van der Waals surface area contributed by atoms with Crippen molar-refractivity contribution in [1.82, 2.24) is 14.3 Å². The number of aryl methyl sites for hydroxylation is 2. The Balaban J connectivity index is 1.90. The second-order valence-corrected chi connectivity index (χ2v) is 4.02. The first-order chi connectivity index (χ1) is 8.74. The number of nitrogens with zero attached hydrogens (tertiary/aromatic N) is 3. The number of anilines is 1. The summed E-state index contributed by atoms with van der Waals surface area (Å²) < 4.78 is 8.43. The lowest BCUT2D eigenvalue weighted by molar-refractivity contribution is 0.471. The zero-order valence-corrected chi connectivity index (χ0v) is 9.61. The number of nitrogen functional groups attached to an aromatic ring is 1. The summed E-state index contributed by atoms with van der Waals surface area (Å²) in [7, 11) is 0. The molecule has 0 aliphatic rings. The Hall–Kier alpha value is -2.50. The Kier molecular flexibility index (Phi) is 2.40.